The van der Waals surface area contributed by atoms with E-state index in [1.54, 1.807) is 0 Å². The molecule has 1 atom stereocenters. The number of aliphatic hydroxyl groups excluding tert-OH is 2. The predicted molar refractivity (Wildman–Crippen MR) is 122 cm³/mol. The van der Waals surface area contributed by atoms with Crippen LogP contribution >= 0.6 is 22.5 Å². The molecule has 0 heterocycles. The number of hydrogen-bond acceptors (Lipinski definition) is 2. The monoisotopic (exact) mass is 444 g/mol. The van der Waals surface area contributed by atoms with Crippen LogP contribution in [0.3, 0.4) is 0 Å². The maximum atomic E-state index is 10.3. The molecule has 0 aromatic heterocycles. The predicted octanol–water partition coefficient (Wildman–Crippen LogP) is 3.61. The summed E-state index contributed by atoms with van der Waals surface area (Å²) in [7, 11) is 0. The summed E-state index contributed by atoms with van der Waals surface area (Å²) in [4.78, 5) is 0. The summed E-state index contributed by atoms with van der Waals surface area (Å²) in [6, 6.07) is 31.7. The third kappa shape index (κ3) is 3.62. The van der Waals surface area contributed by atoms with Crippen LogP contribution < -0.4 is 15.9 Å². The summed E-state index contributed by atoms with van der Waals surface area (Å²) in [6.07, 6.45) is 2.05. The van der Waals surface area contributed by atoms with Crippen LogP contribution in [0.1, 0.15) is 6.42 Å². The van der Waals surface area contributed by atoms with E-state index < -0.39 is 11.6 Å². The van der Waals surface area contributed by atoms with Crippen molar-refractivity contribution >= 4 is 38.4 Å². The third-order valence-electron chi connectivity index (χ3n) is 5.59. The molecular weight excluding hydrogens is 419 g/mol. The van der Waals surface area contributed by atoms with Gasteiger partial charge in [0.25, 0.3) is 0 Å². The summed E-state index contributed by atoms with van der Waals surface area (Å²) in [5.74, 6) is 0. The number of halogens is 1. The van der Waals surface area contributed by atoms with E-state index in [0.29, 0.717) is 12.6 Å². The van der Waals surface area contributed by atoms with Crippen LogP contribution in [0.5, 0.6) is 0 Å². The minimum atomic E-state index is -2.99. The SMILES string of the molecule is OCCP(CCC(O)Br)(c1ccccc1)(c1ccccc1)c1ccccc1. The average Bonchev–Trinajstić information content (AvgIpc) is 2.73. The van der Waals surface area contributed by atoms with Crippen molar-refractivity contribution in [2.75, 3.05) is 18.9 Å². The van der Waals surface area contributed by atoms with Crippen LogP contribution in [0.25, 0.3) is 0 Å². The Balaban J connectivity index is 2.44. The van der Waals surface area contributed by atoms with Crippen molar-refractivity contribution in [1.29, 1.82) is 0 Å². The fourth-order valence-electron chi connectivity index (χ4n) is 4.31. The van der Waals surface area contributed by atoms with Gasteiger partial charge in [-0.05, 0) is 0 Å². The molecule has 0 fully saturated rings. The summed E-state index contributed by atoms with van der Waals surface area (Å²) < 4.78 is 0. The number of rotatable bonds is 8. The van der Waals surface area contributed by atoms with Gasteiger partial charge in [-0.3, -0.25) is 0 Å². The quantitative estimate of drug-likeness (QED) is 0.411. The van der Waals surface area contributed by atoms with E-state index in [0.717, 1.165) is 6.16 Å². The van der Waals surface area contributed by atoms with E-state index in [-0.39, 0.29) is 6.61 Å². The van der Waals surface area contributed by atoms with E-state index in [9.17, 15) is 10.2 Å². The molecule has 0 aliphatic rings. The third-order valence-corrected chi connectivity index (χ3v) is 13.1. The molecule has 0 aliphatic heterocycles. The Morgan fingerprint density at radius 2 is 1.04 bits per heavy atom. The van der Waals surface area contributed by atoms with Crippen molar-refractivity contribution in [3.63, 3.8) is 0 Å². The topological polar surface area (TPSA) is 40.5 Å². The first-order valence-electron chi connectivity index (χ1n) is 9.24. The molecule has 3 rings (SSSR count). The molecule has 0 radical (unpaired) electrons. The van der Waals surface area contributed by atoms with Crippen LogP contribution in [0.4, 0.5) is 0 Å². The number of benzene rings is 3. The molecule has 0 amide bonds. The molecule has 27 heavy (non-hydrogen) atoms. The Bertz CT molecular complexity index is 739. The van der Waals surface area contributed by atoms with Crippen LogP contribution in [-0.2, 0) is 0 Å². The molecule has 0 saturated carbocycles. The standard InChI is InChI=1S/C23H26BrO2P/c24-23(26)16-18-27(19-17-25,20-10-4-1-5-11-20,21-12-6-2-7-13-21)22-14-8-3-9-15-22/h1-15,23,25-26H,16-19H2. The van der Waals surface area contributed by atoms with Gasteiger partial charge in [-0.1, -0.05) is 0 Å². The molecular formula is C23H26BrO2P. The molecule has 3 aromatic rings. The van der Waals surface area contributed by atoms with Crippen molar-refractivity contribution in [3.8, 4) is 0 Å². The first-order valence-corrected chi connectivity index (χ1v) is 12.8. The van der Waals surface area contributed by atoms with Crippen molar-refractivity contribution in [3.05, 3.63) is 91.0 Å². The minimum absolute atomic E-state index is 0.0921. The van der Waals surface area contributed by atoms with Crippen LogP contribution in [0, 0.1) is 0 Å². The molecule has 1 unspecified atom stereocenters. The Morgan fingerprint density at radius 3 is 1.33 bits per heavy atom. The van der Waals surface area contributed by atoms with Crippen LogP contribution in [-0.4, -0.2) is 34.2 Å². The van der Waals surface area contributed by atoms with Crippen molar-refractivity contribution in [2.45, 2.75) is 11.4 Å². The number of alkyl halides is 1. The van der Waals surface area contributed by atoms with E-state index >= 15 is 0 Å². The fourth-order valence-corrected chi connectivity index (χ4v) is 11.5. The maximum absolute atomic E-state index is 10.3. The molecule has 2 nitrogen and oxygen atoms in total. The molecule has 142 valence electrons. The van der Waals surface area contributed by atoms with Crippen molar-refractivity contribution in [1.82, 2.24) is 0 Å². The summed E-state index contributed by atoms with van der Waals surface area (Å²) in [6.45, 7) is -2.90. The van der Waals surface area contributed by atoms with Gasteiger partial charge in [-0.2, -0.15) is 0 Å². The Kier molecular flexibility index (Phi) is 6.49. The van der Waals surface area contributed by atoms with E-state index in [4.69, 9.17) is 0 Å². The molecule has 0 spiro atoms. The number of hydrogen-bond donors (Lipinski definition) is 2. The zero-order valence-corrected chi connectivity index (χ0v) is 17.8. The average molecular weight is 445 g/mol. The molecule has 4 heteroatoms. The number of aliphatic hydroxyl groups is 2. The Labute approximate surface area is 169 Å². The molecule has 3 aromatic carbocycles. The fraction of sp³-hybridized carbons (Fsp3) is 0.217. The van der Waals surface area contributed by atoms with Gasteiger partial charge in [0, 0.05) is 0 Å². The second kappa shape index (κ2) is 8.67. The second-order valence-corrected chi connectivity index (χ2v) is 13.4. The van der Waals surface area contributed by atoms with Gasteiger partial charge in [0.15, 0.2) is 0 Å². The van der Waals surface area contributed by atoms with Gasteiger partial charge < -0.3 is 0 Å². The molecule has 0 aliphatic carbocycles. The zero-order valence-electron chi connectivity index (χ0n) is 15.3. The van der Waals surface area contributed by atoms with Gasteiger partial charge in [0.1, 0.15) is 0 Å². The zero-order chi connectivity index (χ0) is 19.2. The van der Waals surface area contributed by atoms with Crippen LogP contribution in [0.2, 0.25) is 0 Å². The van der Waals surface area contributed by atoms with Gasteiger partial charge in [0.2, 0.25) is 0 Å². The van der Waals surface area contributed by atoms with Gasteiger partial charge in [-0.25, -0.2) is 0 Å². The first-order chi connectivity index (χ1) is 13.1. The van der Waals surface area contributed by atoms with Crippen molar-refractivity contribution in [2.24, 2.45) is 0 Å². The van der Waals surface area contributed by atoms with Crippen molar-refractivity contribution < 1.29 is 10.2 Å². The Hall–Kier alpha value is -1.51. The normalized spacial score (nSPS) is 14.3. The second-order valence-electron chi connectivity index (χ2n) is 6.91. The summed E-state index contributed by atoms with van der Waals surface area (Å²) in [5.41, 5.74) is 0. The van der Waals surface area contributed by atoms with Crippen LogP contribution in [0.15, 0.2) is 91.0 Å². The van der Waals surface area contributed by atoms with E-state index in [2.05, 4.69) is 88.7 Å². The first kappa shape index (κ1) is 20.2. The van der Waals surface area contributed by atoms with E-state index in [1.807, 2.05) is 18.2 Å². The molecule has 2 N–H and O–H groups in total. The van der Waals surface area contributed by atoms with Gasteiger partial charge in [0.05, 0.1) is 0 Å². The summed E-state index contributed by atoms with van der Waals surface area (Å²) in [5, 5.41) is 23.6. The van der Waals surface area contributed by atoms with E-state index in [1.165, 1.54) is 15.9 Å². The molecule has 0 bridgehead atoms. The summed E-state index contributed by atoms with van der Waals surface area (Å²) >= 11 is 3.33. The van der Waals surface area contributed by atoms with Gasteiger partial charge >= 0.3 is 170 Å². The van der Waals surface area contributed by atoms with Gasteiger partial charge in [-0.15, -0.1) is 0 Å². The Morgan fingerprint density at radius 1 is 0.667 bits per heavy atom. The molecule has 0 saturated heterocycles.